The fourth-order valence-corrected chi connectivity index (χ4v) is 4.44. The van der Waals surface area contributed by atoms with Crippen molar-refractivity contribution >= 4 is 17.5 Å². The highest BCUT2D eigenvalue weighted by Crippen LogP contribution is 2.39. The Morgan fingerprint density at radius 2 is 1.96 bits per heavy atom. The van der Waals surface area contributed by atoms with Crippen molar-refractivity contribution in [3.05, 3.63) is 17.0 Å². The fourth-order valence-electron chi connectivity index (χ4n) is 3.32. The summed E-state index contributed by atoms with van der Waals surface area (Å²) in [7, 11) is 0. The van der Waals surface area contributed by atoms with Crippen LogP contribution in [0.5, 0.6) is 0 Å². The van der Waals surface area contributed by atoms with Gasteiger partial charge in [0.25, 0.3) is 0 Å². The van der Waals surface area contributed by atoms with E-state index < -0.39 is 18.2 Å². The number of aromatic nitrogens is 2. The first kappa shape index (κ1) is 16.3. The fraction of sp³-hybridized carbons (Fsp3) is 0.667. The van der Waals surface area contributed by atoms with Gasteiger partial charge in [-0.1, -0.05) is 11.8 Å². The lowest BCUT2D eigenvalue weighted by Gasteiger charge is -2.26. The zero-order chi connectivity index (χ0) is 16.9. The van der Waals surface area contributed by atoms with E-state index in [4.69, 9.17) is 9.47 Å². The van der Waals surface area contributed by atoms with Gasteiger partial charge in [-0.3, -0.25) is 4.79 Å². The molecule has 0 aromatic carbocycles. The summed E-state index contributed by atoms with van der Waals surface area (Å²) in [5.41, 5.74) is -0.133. The predicted molar refractivity (Wildman–Crippen MR) is 77.6 cm³/mol. The Morgan fingerprint density at radius 1 is 1.17 bits per heavy atom. The highest BCUT2D eigenvalue weighted by molar-refractivity contribution is 7.99. The summed E-state index contributed by atoms with van der Waals surface area (Å²) in [6.07, 6.45) is -3.00. The summed E-state index contributed by atoms with van der Waals surface area (Å²) < 4.78 is 50.7. The average molecular weight is 360 g/mol. The molecule has 0 unspecified atom stereocenters. The molecule has 24 heavy (non-hydrogen) atoms. The van der Waals surface area contributed by atoms with Gasteiger partial charge in [0, 0.05) is 22.9 Å². The van der Waals surface area contributed by atoms with Gasteiger partial charge in [-0.15, -0.1) is 0 Å². The third-order valence-electron chi connectivity index (χ3n) is 4.48. The first-order valence-electron chi connectivity index (χ1n) is 7.85. The molecule has 1 aromatic rings. The van der Waals surface area contributed by atoms with Crippen LogP contribution in [-0.2, 0) is 33.3 Å². The molecule has 4 rings (SSSR count). The Kier molecular flexibility index (Phi) is 4.04. The summed E-state index contributed by atoms with van der Waals surface area (Å²) >= 11 is 1.08. The van der Waals surface area contributed by atoms with E-state index in [1.54, 1.807) is 0 Å². The number of fused-ring (bicyclic) bond motifs is 3. The van der Waals surface area contributed by atoms with Gasteiger partial charge in [-0.2, -0.15) is 13.2 Å². The van der Waals surface area contributed by atoms with Crippen molar-refractivity contribution in [2.45, 2.75) is 61.1 Å². The zero-order valence-electron chi connectivity index (χ0n) is 12.6. The number of ketones is 1. The molecule has 1 aromatic heterocycles. The van der Waals surface area contributed by atoms with E-state index in [9.17, 15) is 18.0 Å². The number of nitrogens with zero attached hydrogens (tertiary/aromatic N) is 2. The molecule has 3 heterocycles. The minimum absolute atomic E-state index is 0.0646. The number of Topliss-reactive ketones (excluding diaryl/α,β-unsaturated/α-hetero) is 1. The third-order valence-corrected chi connectivity index (χ3v) is 5.64. The SMILES string of the molecule is O=C1C[C@@H](Sc2nc3c(c(C(F)(F)F)n2)CCCC3)[C@H]2CO[C@@H]1O2. The number of ether oxygens (including phenoxy) is 2. The van der Waals surface area contributed by atoms with Crippen LogP contribution in [0.4, 0.5) is 13.2 Å². The maximum Gasteiger partial charge on any atom is 0.433 e. The second-order valence-electron chi connectivity index (χ2n) is 6.15. The van der Waals surface area contributed by atoms with Gasteiger partial charge >= 0.3 is 6.18 Å². The highest BCUT2D eigenvalue weighted by atomic mass is 32.2. The first-order chi connectivity index (χ1) is 11.4. The van der Waals surface area contributed by atoms with E-state index in [1.165, 1.54) is 0 Å². The number of hydrogen-bond donors (Lipinski definition) is 0. The monoisotopic (exact) mass is 360 g/mol. The number of carbonyl (C=O) groups is 1. The number of thioether (sulfide) groups is 1. The molecule has 2 aliphatic heterocycles. The summed E-state index contributed by atoms with van der Waals surface area (Å²) in [5.74, 6) is -0.185. The van der Waals surface area contributed by atoms with E-state index >= 15 is 0 Å². The van der Waals surface area contributed by atoms with Crippen LogP contribution >= 0.6 is 11.8 Å². The van der Waals surface area contributed by atoms with E-state index in [1.807, 2.05) is 0 Å². The van der Waals surface area contributed by atoms with Crippen molar-refractivity contribution in [3.63, 3.8) is 0 Å². The van der Waals surface area contributed by atoms with Crippen LogP contribution in [0.2, 0.25) is 0 Å². The molecule has 9 heteroatoms. The molecule has 2 saturated heterocycles. The van der Waals surface area contributed by atoms with Gasteiger partial charge < -0.3 is 9.47 Å². The standard InChI is InChI=1S/C15H15F3N2O3S/c16-15(17,18)12-7-3-1-2-4-8(7)19-14(20-12)24-11-5-9(21)13-22-6-10(11)23-13/h10-11,13H,1-6H2/t10-,11-,13-/m1/s1. The number of halogens is 3. The Labute approximate surface area is 140 Å². The number of hydrogen-bond acceptors (Lipinski definition) is 6. The van der Waals surface area contributed by atoms with Crippen LogP contribution in [0.15, 0.2) is 5.16 Å². The molecule has 3 aliphatic rings. The predicted octanol–water partition coefficient (Wildman–Crippen LogP) is 2.55. The molecule has 0 spiro atoms. The lowest BCUT2D eigenvalue weighted by molar-refractivity contribution is -0.151. The van der Waals surface area contributed by atoms with Crippen molar-refractivity contribution in [2.24, 2.45) is 0 Å². The minimum Gasteiger partial charge on any atom is -0.343 e. The largest absolute Gasteiger partial charge is 0.433 e. The van der Waals surface area contributed by atoms with Gasteiger partial charge in [-0.25, -0.2) is 9.97 Å². The van der Waals surface area contributed by atoms with Crippen LogP contribution in [-0.4, -0.2) is 40.0 Å². The molecule has 0 saturated carbocycles. The third kappa shape index (κ3) is 2.93. The molecule has 5 nitrogen and oxygen atoms in total. The Morgan fingerprint density at radius 3 is 2.75 bits per heavy atom. The molecular formula is C15H15F3N2O3S. The minimum atomic E-state index is -4.50. The van der Waals surface area contributed by atoms with Crippen molar-refractivity contribution in [1.29, 1.82) is 0 Å². The Bertz CT molecular complexity index is 683. The second-order valence-corrected chi connectivity index (χ2v) is 7.36. The highest BCUT2D eigenvalue weighted by Gasteiger charge is 2.44. The van der Waals surface area contributed by atoms with E-state index in [0.29, 0.717) is 18.5 Å². The van der Waals surface area contributed by atoms with Crippen LogP contribution in [0.1, 0.15) is 36.2 Å². The lowest BCUT2D eigenvalue weighted by atomic mass is 9.94. The van der Waals surface area contributed by atoms with Crippen molar-refractivity contribution in [2.75, 3.05) is 6.61 Å². The van der Waals surface area contributed by atoms with Gasteiger partial charge in [-0.05, 0) is 25.7 Å². The summed E-state index contributed by atoms with van der Waals surface area (Å²) in [4.78, 5) is 19.9. The van der Waals surface area contributed by atoms with Gasteiger partial charge in [0.1, 0.15) is 0 Å². The molecule has 2 bridgehead atoms. The number of alkyl halides is 3. The van der Waals surface area contributed by atoms with Crippen LogP contribution in [0.25, 0.3) is 0 Å². The summed E-state index contributed by atoms with van der Waals surface area (Å²) in [6.45, 7) is 0.269. The van der Waals surface area contributed by atoms with Crippen LogP contribution < -0.4 is 0 Å². The Hall–Kier alpha value is -1.19. The normalized spacial score (nSPS) is 29.6. The molecule has 0 amide bonds. The topological polar surface area (TPSA) is 61.3 Å². The molecule has 2 fully saturated rings. The summed E-state index contributed by atoms with van der Waals surface area (Å²) in [6, 6.07) is 0. The number of carbonyl (C=O) groups excluding carboxylic acids is 1. The van der Waals surface area contributed by atoms with E-state index in [2.05, 4.69) is 9.97 Å². The van der Waals surface area contributed by atoms with Crippen molar-refractivity contribution < 1.29 is 27.4 Å². The Balaban J connectivity index is 1.64. The maximum absolute atomic E-state index is 13.3. The molecular weight excluding hydrogens is 345 g/mol. The van der Waals surface area contributed by atoms with Crippen LogP contribution in [0, 0.1) is 0 Å². The van der Waals surface area contributed by atoms with E-state index in [0.717, 1.165) is 24.6 Å². The maximum atomic E-state index is 13.3. The smallest absolute Gasteiger partial charge is 0.343 e. The zero-order valence-corrected chi connectivity index (χ0v) is 13.5. The van der Waals surface area contributed by atoms with Crippen molar-refractivity contribution in [1.82, 2.24) is 9.97 Å². The number of rotatable bonds is 2. The molecule has 130 valence electrons. The van der Waals surface area contributed by atoms with Gasteiger partial charge in [0.05, 0.1) is 12.7 Å². The van der Waals surface area contributed by atoms with E-state index in [-0.39, 0.29) is 40.9 Å². The first-order valence-corrected chi connectivity index (χ1v) is 8.73. The molecule has 0 radical (unpaired) electrons. The molecule has 3 atom stereocenters. The summed E-state index contributed by atoms with van der Waals surface area (Å²) in [5, 5.41) is -0.256. The molecule has 0 N–H and O–H groups in total. The van der Waals surface area contributed by atoms with Gasteiger partial charge in [0.15, 0.2) is 16.6 Å². The van der Waals surface area contributed by atoms with Gasteiger partial charge in [0.2, 0.25) is 6.29 Å². The van der Waals surface area contributed by atoms with Crippen molar-refractivity contribution in [3.8, 4) is 0 Å². The second kappa shape index (κ2) is 5.96. The lowest BCUT2D eigenvalue weighted by Crippen LogP contribution is -2.37. The molecule has 1 aliphatic carbocycles. The van der Waals surface area contributed by atoms with Crippen LogP contribution in [0.3, 0.4) is 0 Å². The quantitative estimate of drug-likeness (QED) is 0.756. The number of aryl methyl sites for hydroxylation is 1. The average Bonchev–Trinajstić information content (AvgIpc) is 2.97.